The average molecular weight is 434 g/mol. The quantitative estimate of drug-likeness (QED) is 0.503. The molecule has 0 bridgehead atoms. The summed E-state index contributed by atoms with van der Waals surface area (Å²) in [6, 6.07) is 15.2. The molecule has 4 rings (SSSR count). The second-order valence-electron chi connectivity index (χ2n) is 9.24. The van der Waals surface area contributed by atoms with Crippen LogP contribution >= 0.6 is 0 Å². The smallest absolute Gasteiger partial charge is 0.366 e. The zero-order chi connectivity index (χ0) is 22.8. The second-order valence-corrected chi connectivity index (χ2v) is 9.24. The minimum absolute atomic E-state index is 0.178. The Kier molecular flexibility index (Phi) is 5.98. The molecule has 0 N–H and O–H groups in total. The molecule has 2 aromatic carbocycles. The summed E-state index contributed by atoms with van der Waals surface area (Å²) in [6.45, 7) is 6.16. The van der Waals surface area contributed by atoms with Crippen molar-refractivity contribution in [2.24, 2.45) is 4.99 Å². The molecule has 2 heterocycles. The summed E-state index contributed by atoms with van der Waals surface area (Å²) >= 11 is 0. The van der Waals surface area contributed by atoms with Gasteiger partial charge < -0.3 is 9.47 Å². The molecule has 2 aliphatic heterocycles. The Balaban J connectivity index is 1.63. The van der Waals surface area contributed by atoms with E-state index in [1.165, 1.54) is 0 Å². The summed E-state index contributed by atoms with van der Waals surface area (Å²) in [6.07, 6.45) is 6.15. The van der Waals surface area contributed by atoms with E-state index < -0.39 is 11.6 Å². The van der Waals surface area contributed by atoms with Crippen molar-refractivity contribution >= 4 is 23.8 Å². The highest BCUT2D eigenvalue weighted by Gasteiger charge is 2.52. The Hall–Kier alpha value is -3.25. The largest absolute Gasteiger partial charge is 0.460 e. The SMILES string of the molecule is CC(C)(C)OC(=O)CC[N@@+]12C=CN=Cc3cccc(c31)CC2C(=O)OCc1ccccc1. The van der Waals surface area contributed by atoms with Crippen molar-refractivity contribution in [2.45, 2.75) is 51.9 Å². The molecule has 6 nitrogen and oxygen atoms in total. The summed E-state index contributed by atoms with van der Waals surface area (Å²) in [4.78, 5) is 30.3. The first-order valence-corrected chi connectivity index (χ1v) is 10.9. The second kappa shape index (κ2) is 8.71. The third-order valence-corrected chi connectivity index (χ3v) is 5.77. The normalized spacial score (nSPS) is 21.0. The lowest BCUT2D eigenvalue weighted by Crippen LogP contribution is -2.55. The zero-order valence-corrected chi connectivity index (χ0v) is 18.8. The molecule has 0 radical (unpaired) electrons. The highest BCUT2D eigenvalue weighted by Crippen LogP contribution is 2.43. The lowest BCUT2D eigenvalue weighted by atomic mass is 10.1. The van der Waals surface area contributed by atoms with Crippen LogP contribution in [0.15, 0.2) is 65.9 Å². The molecule has 0 aliphatic carbocycles. The molecule has 6 heteroatoms. The lowest BCUT2D eigenvalue weighted by Gasteiger charge is -2.35. The van der Waals surface area contributed by atoms with Crippen molar-refractivity contribution in [3.8, 4) is 0 Å². The Morgan fingerprint density at radius 2 is 1.88 bits per heavy atom. The molecule has 0 aromatic heterocycles. The van der Waals surface area contributed by atoms with E-state index in [1.807, 2.05) is 75.5 Å². The molecule has 2 aliphatic rings. The number of aliphatic imine (C=N–C) groups is 1. The van der Waals surface area contributed by atoms with Gasteiger partial charge in [-0.15, -0.1) is 0 Å². The highest BCUT2D eigenvalue weighted by atomic mass is 16.6. The van der Waals surface area contributed by atoms with Crippen molar-refractivity contribution in [1.82, 2.24) is 4.48 Å². The number of quaternary nitrogens is 1. The molecule has 0 amide bonds. The summed E-state index contributed by atoms with van der Waals surface area (Å²) < 4.78 is 11.5. The van der Waals surface area contributed by atoms with Crippen LogP contribution in [-0.2, 0) is 32.1 Å². The van der Waals surface area contributed by atoms with Crippen molar-refractivity contribution < 1.29 is 19.1 Å². The Bertz CT molecular complexity index is 1070. The van der Waals surface area contributed by atoms with Crippen LogP contribution in [0.1, 0.15) is 43.9 Å². The van der Waals surface area contributed by atoms with E-state index in [4.69, 9.17) is 9.47 Å². The lowest BCUT2D eigenvalue weighted by molar-refractivity contribution is -0.156. The molecule has 32 heavy (non-hydrogen) atoms. The molecule has 1 unspecified atom stereocenters. The number of rotatable bonds is 6. The van der Waals surface area contributed by atoms with Crippen LogP contribution in [0, 0.1) is 0 Å². The van der Waals surface area contributed by atoms with E-state index in [9.17, 15) is 9.59 Å². The van der Waals surface area contributed by atoms with E-state index in [1.54, 1.807) is 12.4 Å². The minimum atomic E-state index is -0.559. The van der Waals surface area contributed by atoms with Gasteiger partial charge in [-0.1, -0.05) is 42.5 Å². The molecule has 0 saturated carbocycles. The van der Waals surface area contributed by atoms with Gasteiger partial charge in [0.25, 0.3) is 0 Å². The number of hydrogen-bond acceptors (Lipinski definition) is 5. The van der Waals surface area contributed by atoms with Gasteiger partial charge in [-0.05, 0) is 32.4 Å². The molecule has 0 spiro atoms. The number of esters is 2. The predicted octanol–water partition coefficient (Wildman–Crippen LogP) is 4.30. The standard InChI is InChI=1S/C26H29N2O4/c1-26(2,3)32-23(29)12-14-28-15-13-27-17-21-11-7-10-20(24(21)28)16-22(28)25(30)31-18-19-8-5-4-6-9-19/h4-11,13,15,17,22H,12,14,16,18H2,1-3H3/q+1/t22?,28-/m0/s1. The van der Waals surface area contributed by atoms with Crippen molar-refractivity contribution in [3.63, 3.8) is 0 Å². The van der Waals surface area contributed by atoms with E-state index in [2.05, 4.69) is 4.99 Å². The molecular formula is C26H29N2O4+. The summed E-state index contributed by atoms with van der Waals surface area (Å²) in [5.74, 6) is -0.572. The van der Waals surface area contributed by atoms with Crippen molar-refractivity contribution in [3.05, 3.63) is 77.6 Å². The molecule has 0 saturated heterocycles. The van der Waals surface area contributed by atoms with Gasteiger partial charge in [-0.25, -0.2) is 4.79 Å². The Morgan fingerprint density at radius 1 is 1.09 bits per heavy atom. The van der Waals surface area contributed by atoms with Crippen LogP contribution in [-0.4, -0.2) is 36.3 Å². The fourth-order valence-corrected chi connectivity index (χ4v) is 4.48. The van der Waals surface area contributed by atoms with Crippen molar-refractivity contribution in [1.29, 1.82) is 0 Å². The third kappa shape index (κ3) is 4.50. The van der Waals surface area contributed by atoms with Gasteiger partial charge in [-0.3, -0.25) is 14.3 Å². The van der Waals surface area contributed by atoms with Gasteiger partial charge in [-0.2, -0.15) is 0 Å². The summed E-state index contributed by atoms with van der Waals surface area (Å²) in [7, 11) is 0. The van der Waals surface area contributed by atoms with Crippen LogP contribution in [0.4, 0.5) is 5.69 Å². The summed E-state index contributed by atoms with van der Waals surface area (Å²) in [5, 5.41) is 0. The first-order chi connectivity index (χ1) is 15.3. The predicted molar refractivity (Wildman–Crippen MR) is 124 cm³/mol. The van der Waals surface area contributed by atoms with Crippen LogP contribution in [0.5, 0.6) is 0 Å². The molecule has 0 fully saturated rings. The number of nitrogens with zero attached hydrogens (tertiary/aromatic N) is 2. The number of carbonyl (C=O) groups is 2. The zero-order valence-electron chi connectivity index (χ0n) is 18.8. The number of para-hydroxylation sites is 1. The Labute approximate surface area is 188 Å². The number of benzene rings is 2. The molecule has 166 valence electrons. The van der Waals surface area contributed by atoms with Gasteiger partial charge in [0, 0.05) is 18.2 Å². The first-order valence-electron chi connectivity index (χ1n) is 10.9. The molecule has 2 aromatic rings. The fraction of sp³-hybridized carbons (Fsp3) is 0.346. The highest BCUT2D eigenvalue weighted by molar-refractivity contribution is 5.94. The Morgan fingerprint density at radius 3 is 2.62 bits per heavy atom. The topological polar surface area (TPSA) is 65.0 Å². The van der Waals surface area contributed by atoms with Crippen LogP contribution < -0.4 is 4.48 Å². The third-order valence-electron chi connectivity index (χ3n) is 5.77. The minimum Gasteiger partial charge on any atom is -0.460 e. The van der Waals surface area contributed by atoms with E-state index in [0.717, 1.165) is 22.4 Å². The van der Waals surface area contributed by atoms with Crippen LogP contribution in [0.3, 0.4) is 0 Å². The van der Waals surface area contributed by atoms with E-state index in [-0.39, 0.29) is 29.4 Å². The van der Waals surface area contributed by atoms with Gasteiger partial charge in [0.05, 0.1) is 24.7 Å². The monoisotopic (exact) mass is 433 g/mol. The van der Waals surface area contributed by atoms with Crippen LogP contribution in [0.2, 0.25) is 0 Å². The van der Waals surface area contributed by atoms with Gasteiger partial charge in [0.15, 0.2) is 5.69 Å². The van der Waals surface area contributed by atoms with Gasteiger partial charge in [0.2, 0.25) is 6.04 Å². The first kappa shape index (κ1) is 22.0. The number of hydrogen-bond donors (Lipinski definition) is 0. The van der Waals surface area contributed by atoms with Gasteiger partial charge in [0.1, 0.15) is 18.4 Å². The van der Waals surface area contributed by atoms with E-state index in [0.29, 0.717) is 13.0 Å². The maximum Gasteiger partial charge on any atom is 0.366 e. The van der Waals surface area contributed by atoms with Gasteiger partial charge >= 0.3 is 11.9 Å². The number of ether oxygens (including phenoxy) is 2. The summed E-state index contributed by atoms with van der Waals surface area (Å²) in [5.41, 5.74) is 3.42. The molecule has 2 atom stereocenters. The van der Waals surface area contributed by atoms with Crippen LogP contribution in [0.25, 0.3) is 0 Å². The number of carbonyl (C=O) groups excluding carboxylic acids is 2. The molecular weight excluding hydrogens is 404 g/mol. The van der Waals surface area contributed by atoms with E-state index >= 15 is 0 Å². The average Bonchev–Trinajstić information content (AvgIpc) is 2.96. The fourth-order valence-electron chi connectivity index (χ4n) is 4.48. The maximum absolute atomic E-state index is 13.4. The maximum atomic E-state index is 13.4. The van der Waals surface area contributed by atoms with Crippen molar-refractivity contribution in [2.75, 3.05) is 6.54 Å².